The van der Waals surface area contributed by atoms with Crippen LogP contribution in [0.1, 0.15) is 5.56 Å². The molecule has 0 fully saturated rings. The lowest BCUT2D eigenvalue weighted by atomic mass is 10.2. The maximum Gasteiger partial charge on any atom is 0.0617 e. The Bertz CT molecular complexity index is 422. The summed E-state index contributed by atoms with van der Waals surface area (Å²) in [6.45, 7) is 0.331. The van der Waals surface area contributed by atoms with E-state index in [0.29, 0.717) is 16.6 Å². The lowest BCUT2D eigenvalue weighted by Crippen LogP contribution is -1.87. The minimum Gasteiger partial charge on any atom is -0.386 e. The minimum absolute atomic E-state index is 0.283. The van der Waals surface area contributed by atoms with Crippen LogP contribution in [0.5, 0.6) is 0 Å². The van der Waals surface area contributed by atoms with E-state index >= 15 is 0 Å². The van der Waals surface area contributed by atoms with E-state index in [1.54, 1.807) is 18.2 Å². The molecule has 5 nitrogen and oxygen atoms in total. The number of nitrogens with zero attached hydrogens (tertiary/aromatic N) is 4. The molecule has 15 heavy (non-hydrogen) atoms. The van der Waals surface area contributed by atoms with Crippen LogP contribution in [0.4, 0.5) is 5.95 Å². The number of halogens is 2. The Morgan fingerprint density at radius 2 is 2.00 bits per heavy atom. The van der Waals surface area contributed by atoms with Gasteiger partial charge in [0.15, 0.2) is 0 Å². The van der Waals surface area contributed by atoms with E-state index in [1.165, 1.54) is 0 Å². The summed E-state index contributed by atoms with van der Waals surface area (Å²) in [4.78, 5) is 0. The molecule has 0 saturated carbocycles. The number of benzene rings is 1. The topological polar surface area (TPSA) is 68.6 Å². The molecule has 0 saturated heterocycles. The smallest absolute Gasteiger partial charge is 0.0617 e. The fraction of sp³-hybridized carbons (Fsp3) is 0.125. The molecule has 2 aromatic rings. The number of rotatable bonds is 3. The van der Waals surface area contributed by atoms with Crippen molar-refractivity contribution in [3.63, 3.8) is 0 Å². The second-order valence-corrected chi connectivity index (χ2v) is 3.54. The zero-order valence-corrected chi connectivity index (χ0v) is 9.00. The van der Waals surface area contributed by atoms with Crippen LogP contribution < -0.4 is 0 Å². The Kier molecular flexibility index (Phi) is 3.03. The maximum absolute atomic E-state index is 5.96. The normalized spacial score (nSPS) is 10.3. The lowest BCUT2D eigenvalue weighted by Gasteiger charge is -2.09. The first-order valence-electron chi connectivity index (χ1n) is 4.11. The van der Waals surface area contributed by atoms with Gasteiger partial charge in [0.1, 0.15) is 0 Å². The molecule has 1 heterocycles. The largest absolute Gasteiger partial charge is 0.386 e. The number of aromatic amines is 1. The van der Waals surface area contributed by atoms with E-state index in [9.17, 15) is 0 Å². The molecule has 0 spiro atoms. The van der Waals surface area contributed by atoms with Gasteiger partial charge in [0, 0.05) is 16.6 Å². The van der Waals surface area contributed by atoms with Crippen molar-refractivity contribution < 1.29 is 0 Å². The summed E-state index contributed by atoms with van der Waals surface area (Å²) in [6.07, 6.45) is 0. The van der Waals surface area contributed by atoms with Crippen LogP contribution in [0.3, 0.4) is 0 Å². The highest BCUT2D eigenvalue weighted by atomic mass is 35.5. The number of tetrazole rings is 1. The zero-order valence-electron chi connectivity index (χ0n) is 7.48. The zero-order chi connectivity index (χ0) is 10.7. The van der Waals surface area contributed by atoms with Crippen molar-refractivity contribution in [1.82, 2.24) is 20.6 Å². The summed E-state index contributed by atoms with van der Waals surface area (Å²) in [7, 11) is 0. The first-order chi connectivity index (χ1) is 7.27. The Hall–Kier alpha value is -1.33. The molecular weight excluding hydrogens is 237 g/mol. The average molecular weight is 243 g/mol. The summed E-state index contributed by atoms with van der Waals surface area (Å²) >= 11 is 11.9. The highest BCUT2D eigenvalue weighted by molar-refractivity contribution is 6.36. The third-order valence-corrected chi connectivity index (χ3v) is 2.48. The van der Waals surface area contributed by atoms with Gasteiger partial charge in [0.05, 0.1) is 5.95 Å². The van der Waals surface area contributed by atoms with Gasteiger partial charge in [-0.3, -0.25) is 15.4 Å². The molecule has 0 aliphatic carbocycles. The molecular formula is C8H6Cl2N5-. The molecule has 1 aromatic heterocycles. The van der Waals surface area contributed by atoms with Crippen molar-refractivity contribution in [2.75, 3.05) is 0 Å². The Morgan fingerprint density at radius 3 is 2.60 bits per heavy atom. The molecule has 7 heteroatoms. The van der Waals surface area contributed by atoms with E-state index < -0.39 is 0 Å². The number of aromatic nitrogens is 4. The van der Waals surface area contributed by atoms with Gasteiger partial charge in [-0.15, -0.1) is 5.21 Å². The minimum atomic E-state index is 0.283. The molecule has 0 amide bonds. The average Bonchev–Trinajstić information content (AvgIpc) is 2.70. The first kappa shape index (κ1) is 10.2. The molecule has 0 aliphatic rings. The highest BCUT2D eigenvalue weighted by Gasteiger charge is 2.03. The SMILES string of the molecule is Clc1cccc(Cl)c1C[N-]c1nn[nH]n1. The van der Waals surface area contributed by atoms with Gasteiger partial charge in [-0.2, -0.15) is 0 Å². The molecule has 2 rings (SSSR count). The van der Waals surface area contributed by atoms with Gasteiger partial charge in [-0.1, -0.05) is 29.3 Å². The third kappa shape index (κ3) is 2.37. The molecule has 0 unspecified atom stereocenters. The quantitative estimate of drug-likeness (QED) is 0.900. The van der Waals surface area contributed by atoms with Crippen LogP contribution in [0, 0.1) is 0 Å². The van der Waals surface area contributed by atoms with E-state index in [-0.39, 0.29) is 5.95 Å². The predicted molar refractivity (Wildman–Crippen MR) is 57.4 cm³/mol. The van der Waals surface area contributed by atoms with Gasteiger partial charge in [0.2, 0.25) is 0 Å². The molecule has 0 aliphatic heterocycles. The van der Waals surface area contributed by atoms with Crippen LogP contribution in [0.2, 0.25) is 10.0 Å². The number of nitrogens with one attached hydrogen (secondary N) is 1. The molecule has 1 aromatic carbocycles. The molecule has 78 valence electrons. The van der Waals surface area contributed by atoms with Gasteiger partial charge in [-0.25, -0.2) is 0 Å². The van der Waals surface area contributed by atoms with Crippen molar-refractivity contribution in [3.05, 3.63) is 39.1 Å². The summed E-state index contributed by atoms with van der Waals surface area (Å²) in [5.74, 6) is 0.283. The highest BCUT2D eigenvalue weighted by Crippen LogP contribution is 2.27. The number of hydrogen-bond donors (Lipinski definition) is 1. The lowest BCUT2D eigenvalue weighted by molar-refractivity contribution is 0.881. The Labute approximate surface area is 95.8 Å². The van der Waals surface area contributed by atoms with Crippen LogP contribution in [-0.2, 0) is 6.54 Å². The van der Waals surface area contributed by atoms with E-state index in [0.717, 1.165) is 5.56 Å². The van der Waals surface area contributed by atoms with Crippen molar-refractivity contribution in [2.45, 2.75) is 6.54 Å². The maximum atomic E-state index is 5.96. The number of H-pyrrole nitrogens is 1. The Morgan fingerprint density at radius 1 is 1.27 bits per heavy atom. The van der Waals surface area contributed by atoms with E-state index in [1.807, 2.05) is 0 Å². The standard InChI is InChI=1S/C8H6Cl2N5/c9-6-2-1-3-7(10)5(6)4-11-8-12-14-15-13-8/h1-3H,4H2,(H-,11,12,13,14,15)/q-1. The molecule has 1 N–H and O–H groups in total. The van der Waals surface area contributed by atoms with Gasteiger partial charge in [0.25, 0.3) is 0 Å². The Balaban J connectivity index is 2.11. The van der Waals surface area contributed by atoms with E-state index in [4.69, 9.17) is 23.2 Å². The van der Waals surface area contributed by atoms with Crippen LogP contribution in [-0.4, -0.2) is 20.6 Å². The second kappa shape index (κ2) is 4.46. The summed E-state index contributed by atoms with van der Waals surface area (Å²) < 4.78 is 0. The van der Waals surface area contributed by atoms with Crippen LogP contribution in [0.15, 0.2) is 18.2 Å². The monoisotopic (exact) mass is 242 g/mol. The summed E-state index contributed by atoms with van der Waals surface area (Å²) in [5.41, 5.74) is 0.755. The van der Waals surface area contributed by atoms with Gasteiger partial charge in [-0.05, 0) is 17.7 Å². The molecule has 0 radical (unpaired) electrons. The van der Waals surface area contributed by atoms with Crippen molar-refractivity contribution in [2.24, 2.45) is 0 Å². The fourth-order valence-electron chi connectivity index (χ4n) is 1.06. The van der Waals surface area contributed by atoms with Gasteiger partial charge >= 0.3 is 0 Å². The van der Waals surface area contributed by atoms with Crippen LogP contribution in [0.25, 0.3) is 5.32 Å². The molecule has 0 atom stereocenters. The molecule has 0 bridgehead atoms. The predicted octanol–water partition coefficient (Wildman–Crippen LogP) is 2.71. The third-order valence-electron chi connectivity index (χ3n) is 1.77. The second-order valence-electron chi connectivity index (χ2n) is 2.73. The van der Waals surface area contributed by atoms with Crippen LogP contribution >= 0.6 is 23.2 Å². The fourth-order valence-corrected chi connectivity index (χ4v) is 1.57. The summed E-state index contributed by atoms with van der Waals surface area (Å²) in [6, 6.07) is 5.30. The number of hydrogen-bond acceptors (Lipinski definition) is 3. The first-order valence-corrected chi connectivity index (χ1v) is 4.87. The van der Waals surface area contributed by atoms with Crippen molar-refractivity contribution in [3.8, 4) is 0 Å². The summed E-state index contributed by atoms with van der Waals surface area (Å²) in [5, 5.41) is 18.3. The van der Waals surface area contributed by atoms with Gasteiger partial charge < -0.3 is 5.32 Å². The van der Waals surface area contributed by atoms with Crippen molar-refractivity contribution >= 4 is 29.2 Å². The van der Waals surface area contributed by atoms with Crippen molar-refractivity contribution in [1.29, 1.82) is 0 Å². The van der Waals surface area contributed by atoms with E-state index in [2.05, 4.69) is 25.9 Å².